The Balaban J connectivity index is 2.35. The van der Waals surface area contributed by atoms with E-state index in [1.807, 2.05) is 0 Å². The van der Waals surface area contributed by atoms with Crippen molar-refractivity contribution in [3.05, 3.63) is 57.8 Å². The average Bonchev–Trinajstić information content (AvgIpc) is 2.38. The predicted molar refractivity (Wildman–Crippen MR) is 70.7 cm³/mol. The molecular weight excluding hydrogens is 273 g/mol. The Labute approximate surface area is 114 Å². The van der Waals surface area contributed by atoms with Crippen LogP contribution in [0.4, 0.5) is 0 Å². The maximum absolute atomic E-state index is 12.2. The molecule has 0 aliphatic heterocycles. The molecule has 0 fully saturated rings. The van der Waals surface area contributed by atoms with E-state index in [2.05, 4.69) is 4.98 Å². The minimum absolute atomic E-state index is 0.202. The summed E-state index contributed by atoms with van der Waals surface area (Å²) in [5.74, 6) is 0.485. The number of nitrogens with zero attached hydrogens (tertiary/aromatic N) is 1. The molecule has 0 unspecified atom stereocenters. The van der Waals surface area contributed by atoms with Gasteiger partial charge in [0.25, 0.3) is 0 Å². The third-order valence-electron chi connectivity index (χ3n) is 2.42. The van der Waals surface area contributed by atoms with Crippen molar-refractivity contribution in [3.8, 4) is 5.75 Å². The highest BCUT2D eigenvalue weighted by molar-refractivity contribution is 6.37. The van der Waals surface area contributed by atoms with Crippen molar-refractivity contribution in [3.63, 3.8) is 0 Å². The van der Waals surface area contributed by atoms with E-state index in [4.69, 9.17) is 27.9 Å². The number of carbonyl (C=O) groups excluding carboxylic acids is 1. The Kier molecular flexibility index (Phi) is 3.84. The van der Waals surface area contributed by atoms with Crippen molar-refractivity contribution in [2.45, 2.75) is 0 Å². The van der Waals surface area contributed by atoms with Crippen molar-refractivity contribution in [2.24, 2.45) is 0 Å². The van der Waals surface area contributed by atoms with Gasteiger partial charge < -0.3 is 4.74 Å². The highest BCUT2D eigenvalue weighted by Crippen LogP contribution is 2.22. The zero-order valence-corrected chi connectivity index (χ0v) is 11.0. The van der Waals surface area contributed by atoms with Gasteiger partial charge in [0.1, 0.15) is 10.9 Å². The molecule has 0 atom stereocenters. The predicted octanol–water partition coefficient (Wildman–Crippen LogP) is 3.63. The molecule has 2 aromatic rings. The fourth-order valence-corrected chi connectivity index (χ4v) is 1.92. The smallest absolute Gasteiger partial charge is 0.196 e. The van der Waals surface area contributed by atoms with Crippen LogP contribution in [0.3, 0.4) is 0 Å². The van der Waals surface area contributed by atoms with Gasteiger partial charge in [-0.2, -0.15) is 0 Å². The first-order chi connectivity index (χ1) is 8.61. The topological polar surface area (TPSA) is 39.2 Å². The lowest BCUT2D eigenvalue weighted by atomic mass is 10.1. The van der Waals surface area contributed by atoms with E-state index in [-0.39, 0.29) is 16.0 Å². The second-order valence-electron chi connectivity index (χ2n) is 3.54. The molecule has 0 N–H and O–H groups in total. The Morgan fingerprint density at radius 1 is 1.22 bits per heavy atom. The summed E-state index contributed by atoms with van der Waals surface area (Å²) < 4.78 is 5.03. The Morgan fingerprint density at radius 3 is 2.44 bits per heavy atom. The molecule has 0 spiro atoms. The molecule has 3 nitrogen and oxygen atoms in total. The van der Waals surface area contributed by atoms with Crippen LogP contribution in [0, 0.1) is 0 Å². The van der Waals surface area contributed by atoms with Gasteiger partial charge in [-0.15, -0.1) is 0 Å². The largest absolute Gasteiger partial charge is 0.497 e. The van der Waals surface area contributed by atoms with E-state index < -0.39 is 0 Å². The molecule has 0 aliphatic carbocycles. The number of hydrogen-bond acceptors (Lipinski definition) is 3. The molecule has 0 amide bonds. The molecule has 1 aromatic heterocycles. The van der Waals surface area contributed by atoms with E-state index in [0.717, 1.165) is 0 Å². The van der Waals surface area contributed by atoms with Crippen LogP contribution in [0.25, 0.3) is 0 Å². The quantitative estimate of drug-likeness (QED) is 0.637. The van der Waals surface area contributed by atoms with E-state index in [9.17, 15) is 4.79 Å². The van der Waals surface area contributed by atoms with Gasteiger partial charge in [-0.05, 0) is 30.3 Å². The van der Waals surface area contributed by atoms with E-state index in [1.54, 1.807) is 31.4 Å². The number of methoxy groups -OCH3 is 1. The molecule has 0 saturated carbocycles. The minimum atomic E-state index is -0.202. The van der Waals surface area contributed by atoms with Crippen LogP contribution >= 0.6 is 23.2 Å². The maximum atomic E-state index is 12.2. The molecule has 0 aliphatic rings. The van der Waals surface area contributed by atoms with Crippen LogP contribution in [0.2, 0.25) is 10.2 Å². The lowest BCUT2D eigenvalue weighted by molar-refractivity contribution is 0.103. The van der Waals surface area contributed by atoms with Gasteiger partial charge in [-0.3, -0.25) is 4.79 Å². The summed E-state index contributed by atoms with van der Waals surface area (Å²) in [6.45, 7) is 0. The van der Waals surface area contributed by atoms with Crippen LogP contribution in [0.15, 0.2) is 36.5 Å². The molecule has 0 saturated heterocycles. The third-order valence-corrected chi connectivity index (χ3v) is 2.94. The first kappa shape index (κ1) is 12.9. The molecule has 1 heterocycles. The number of rotatable bonds is 3. The van der Waals surface area contributed by atoms with Gasteiger partial charge in [-0.1, -0.05) is 23.2 Å². The van der Waals surface area contributed by atoms with Crippen LogP contribution < -0.4 is 4.74 Å². The summed E-state index contributed by atoms with van der Waals surface area (Å²) in [5.41, 5.74) is 0.841. The van der Waals surface area contributed by atoms with Crippen molar-refractivity contribution in [2.75, 3.05) is 7.11 Å². The Hall–Kier alpha value is -1.58. The number of ether oxygens (including phenoxy) is 1. The van der Waals surface area contributed by atoms with Crippen molar-refractivity contribution < 1.29 is 9.53 Å². The summed E-state index contributed by atoms with van der Waals surface area (Å²) in [7, 11) is 1.57. The van der Waals surface area contributed by atoms with Crippen LogP contribution in [-0.4, -0.2) is 17.9 Å². The lowest BCUT2D eigenvalue weighted by Crippen LogP contribution is -2.03. The average molecular weight is 282 g/mol. The molecular formula is C13H9Cl2NO2. The van der Waals surface area contributed by atoms with E-state index in [1.165, 1.54) is 12.3 Å². The number of ketones is 1. The first-order valence-electron chi connectivity index (χ1n) is 5.11. The van der Waals surface area contributed by atoms with E-state index in [0.29, 0.717) is 16.9 Å². The van der Waals surface area contributed by atoms with Gasteiger partial charge in [0.15, 0.2) is 5.78 Å². The molecule has 5 heteroatoms. The molecule has 2 rings (SSSR count). The van der Waals surface area contributed by atoms with Gasteiger partial charge in [-0.25, -0.2) is 4.98 Å². The SMILES string of the molecule is COc1ccc(C(=O)c2cnc(Cl)cc2Cl)cc1. The molecule has 0 radical (unpaired) electrons. The summed E-state index contributed by atoms with van der Waals surface area (Å²) >= 11 is 11.6. The van der Waals surface area contributed by atoms with Gasteiger partial charge in [0, 0.05) is 11.8 Å². The zero-order chi connectivity index (χ0) is 13.1. The number of halogens is 2. The molecule has 18 heavy (non-hydrogen) atoms. The molecule has 0 bridgehead atoms. The Bertz CT molecular complexity index is 582. The standard InChI is InChI=1S/C13H9Cl2NO2/c1-18-9-4-2-8(3-5-9)13(17)10-7-16-12(15)6-11(10)14/h2-7H,1H3. The molecule has 92 valence electrons. The highest BCUT2D eigenvalue weighted by atomic mass is 35.5. The Morgan fingerprint density at radius 2 is 1.89 bits per heavy atom. The first-order valence-corrected chi connectivity index (χ1v) is 5.87. The summed E-state index contributed by atoms with van der Waals surface area (Å²) in [6, 6.07) is 8.22. The van der Waals surface area contributed by atoms with Crippen molar-refractivity contribution in [1.29, 1.82) is 0 Å². The van der Waals surface area contributed by atoms with Crippen LogP contribution in [0.1, 0.15) is 15.9 Å². The highest BCUT2D eigenvalue weighted by Gasteiger charge is 2.13. The van der Waals surface area contributed by atoms with Crippen LogP contribution in [0.5, 0.6) is 5.75 Å². The van der Waals surface area contributed by atoms with Gasteiger partial charge in [0.05, 0.1) is 17.7 Å². The summed E-state index contributed by atoms with van der Waals surface area (Å²) in [6.07, 6.45) is 1.37. The second kappa shape index (κ2) is 5.38. The van der Waals surface area contributed by atoms with Crippen LogP contribution in [-0.2, 0) is 0 Å². The second-order valence-corrected chi connectivity index (χ2v) is 4.34. The fourth-order valence-electron chi connectivity index (χ4n) is 1.47. The number of benzene rings is 1. The van der Waals surface area contributed by atoms with E-state index >= 15 is 0 Å². The normalized spacial score (nSPS) is 10.2. The monoisotopic (exact) mass is 281 g/mol. The zero-order valence-electron chi connectivity index (χ0n) is 9.48. The minimum Gasteiger partial charge on any atom is -0.497 e. The summed E-state index contributed by atoms with van der Waals surface area (Å²) in [5, 5.41) is 0.544. The third kappa shape index (κ3) is 2.63. The summed E-state index contributed by atoms with van der Waals surface area (Å²) in [4.78, 5) is 16.0. The molecule has 1 aromatic carbocycles. The maximum Gasteiger partial charge on any atom is 0.196 e. The van der Waals surface area contributed by atoms with Gasteiger partial charge >= 0.3 is 0 Å². The number of carbonyl (C=O) groups is 1. The number of hydrogen-bond donors (Lipinski definition) is 0. The number of pyridine rings is 1. The fraction of sp³-hybridized carbons (Fsp3) is 0.0769. The van der Waals surface area contributed by atoms with Crippen molar-refractivity contribution in [1.82, 2.24) is 4.98 Å². The van der Waals surface area contributed by atoms with Crippen molar-refractivity contribution >= 4 is 29.0 Å². The lowest BCUT2D eigenvalue weighted by Gasteiger charge is -2.04. The van der Waals surface area contributed by atoms with Gasteiger partial charge in [0.2, 0.25) is 0 Å². The number of aromatic nitrogens is 1.